The quantitative estimate of drug-likeness (QED) is 0.0261. The predicted octanol–water partition coefficient (Wildman–Crippen LogP) is 23.7. The molecule has 0 aromatic rings. The second-order valence-electron chi connectivity index (χ2n) is 23.1. The molecule has 0 radical (unpaired) electrons. The number of carbonyl (C=O) groups excluding carboxylic acids is 3. The average Bonchev–Trinajstić information content (AvgIpc) is 3.45. The van der Waals surface area contributed by atoms with Crippen molar-refractivity contribution in [3.05, 3.63) is 72.9 Å². The summed E-state index contributed by atoms with van der Waals surface area (Å²) in [7, 11) is 0. The maximum atomic E-state index is 12.9. The molecule has 0 bridgehead atoms. The van der Waals surface area contributed by atoms with Gasteiger partial charge in [0.05, 0.1) is 0 Å². The molecule has 1 unspecified atom stereocenters. The number of hydrogen-bond acceptors (Lipinski definition) is 6. The van der Waals surface area contributed by atoms with Gasteiger partial charge in [0, 0.05) is 19.3 Å². The number of rotatable bonds is 63. The molecule has 0 spiro atoms. The zero-order valence-electron chi connectivity index (χ0n) is 52.6. The third kappa shape index (κ3) is 65.5. The first kappa shape index (κ1) is 75.8. The molecule has 0 saturated heterocycles. The van der Waals surface area contributed by atoms with E-state index in [4.69, 9.17) is 14.2 Å². The Labute approximate surface area is 491 Å². The third-order valence-electron chi connectivity index (χ3n) is 15.2. The molecule has 79 heavy (non-hydrogen) atoms. The highest BCUT2D eigenvalue weighted by Gasteiger charge is 2.19. The molecular formula is C73H130O6. The van der Waals surface area contributed by atoms with Gasteiger partial charge in [0.1, 0.15) is 13.2 Å². The van der Waals surface area contributed by atoms with E-state index in [0.29, 0.717) is 19.3 Å². The van der Waals surface area contributed by atoms with Gasteiger partial charge in [-0.2, -0.15) is 0 Å². The molecule has 0 rings (SSSR count). The molecule has 0 fully saturated rings. The van der Waals surface area contributed by atoms with Crippen molar-refractivity contribution in [3.63, 3.8) is 0 Å². The van der Waals surface area contributed by atoms with E-state index in [0.717, 1.165) is 89.9 Å². The van der Waals surface area contributed by atoms with Gasteiger partial charge < -0.3 is 14.2 Å². The fraction of sp³-hybridized carbons (Fsp3) is 0.795. The van der Waals surface area contributed by atoms with Crippen molar-refractivity contribution in [2.45, 2.75) is 361 Å². The van der Waals surface area contributed by atoms with E-state index in [-0.39, 0.29) is 31.1 Å². The highest BCUT2D eigenvalue weighted by Crippen LogP contribution is 2.17. The molecule has 0 aromatic heterocycles. The van der Waals surface area contributed by atoms with Gasteiger partial charge in [-0.25, -0.2) is 0 Å². The van der Waals surface area contributed by atoms with Crippen molar-refractivity contribution in [3.8, 4) is 0 Å². The first-order valence-electron chi connectivity index (χ1n) is 34.4. The van der Waals surface area contributed by atoms with Gasteiger partial charge in [0.2, 0.25) is 0 Å². The number of carbonyl (C=O) groups is 3. The monoisotopic (exact) mass is 1100 g/mol. The van der Waals surface area contributed by atoms with Crippen LogP contribution in [0.5, 0.6) is 0 Å². The number of esters is 3. The van der Waals surface area contributed by atoms with E-state index < -0.39 is 6.10 Å². The lowest BCUT2D eigenvalue weighted by Gasteiger charge is -2.18. The lowest BCUT2D eigenvalue weighted by atomic mass is 10.0. The second kappa shape index (κ2) is 67.4. The minimum absolute atomic E-state index is 0.0803. The van der Waals surface area contributed by atoms with Crippen LogP contribution in [0, 0.1) is 0 Å². The van der Waals surface area contributed by atoms with Crippen molar-refractivity contribution in [1.29, 1.82) is 0 Å². The zero-order valence-corrected chi connectivity index (χ0v) is 52.6. The van der Waals surface area contributed by atoms with E-state index in [1.165, 1.54) is 225 Å². The van der Waals surface area contributed by atoms with Crippen molar-refractivity contribution >= 4 is 17.9 Å². The smallest absolute Gasteiger partial charge is 0.306 e. The van der Waals surface area contributed by atoms with Crippen molar-refractivity contribution in [2.24, 2.45) is 0 Å². The fourth-order valence-electron chi connectivity index (χ4n) is 9.95. The first-order valence-corrected chi connectivity index (χ1v) is 34.4. The van der Waals surface area contributed by atoms with Crippen LogP contribution in [-0.2, 0) is 28.6 Å². The van der Waals surface area contributed by atoms with Crippen LogP contribution in [0.3, 0.4) is 0 Å². The summed E-state index contributed by atoms with van der Waals surface area (Å²) in [5, 5.41) is 0. The average molecular weight is 1100 g/mol. The third-order valence-corrected chi connectivity index (χ3v) is 15.2. The summed E-state index contributed by atoms with van der Waals surface area (Å²) < 4.78 is 17.0. The molecule has 0 aliphatic heterocycles. The number of unbranched alkanes of at least 4 members (excludes halogenated alkanes) is 40. The van der Waals surface area contributed by atoms with Crippen LogP contribution in [0.25, 0.3) is 0 Å². The van der Waals surface area contributed by atoms with E-state index in [9.17, 15) is 14.4 Å². The van der Waals surface area contributed by atoms with Crippen LogP contribution in [0.2, 0.25) is 0 Å². The van der Waals surface area contributed by atoms with E-state index in [1.54, 1.807) is 0 Å². The van der Waals surface area contributed by atoms with E-state index in [1.807, 2.05) is 0 Å². The van der Waals surface area contributed by atoms with Crippen LogP contribution < -0.4 is 0 Å². The predicted molar refractivity (Wildman–Crippen MR) is 344 cm³/mol. The molecule has 0 heterocycles. The van der Waals surface area contributed by atoms with Gasteiger partial charge in [0.25, 0.3) is 0 Å². The summed E-state index contributed by atoms with van der Waals surface area (Å²) in [6, 6.07) is 0. The topological polar surface area (TPSA) is 78.9 Å². The standard InChI is InChI=1S/C73H130O6/c1-4-7-10-13-16-19-22-25-28-31-33-34-35-36-37-38-39-40-41-43-45-48-51-54-57-60-63-66-72(75)78-69-70(68-77-71(74)65-62-59-56-53-50-47-44-30-27-24-21-18-15-12-9-6-3)79-73(76)67-64-61-58-55-52-49-46-42-32-29-26-23-20-17-14-11-8-5-2/h20,22-23,25,29-33,35-36,44,70H,4-19,21,24,26-28,34,37-43,45-69H2,1-3H3/b23-20-,25-22-,32-29-,33-31-,36-35-,44-30-. The Morgan fingerprint density at radius 2 is 0.456 bits per heavy atom. The van der Waals surface area contributed by atoms with Crippen molar-refractivity contribution in [2.75, 3.05) is 13.2 Å². The number of ether oxygens (including phenoxy) is 3. The highest BCUT2D eigenvalue weighted by atomic mass is 16.6. The van der Waals surface area contributed by atoms with Gasteiger partial charge in [-0.05, 0) is 116 Å². The Hall–Kier alpha value is -3.15. The summed E-state index contributed by atoms with van der Waals surface area (Å²) in [5.74, 6) is -0.880. The second-order valence-corrected chi connectivity index (χ2v) is 23.1. The minimum atomic E-state index is -0.785. The molecule has 0 aliphatic carbocycles. The Kier molecular flexibility index (Phi) is 64.7. The number of allylic oxidation sites excluding steroid dienone is 12. The largest absolute Gasteiger partial charge is 0.462 e. The van der Waals surface area contributed by atoms with Crippen LogP contribution in [0.4, 0.5) is 0 Å². The SMILES string of the molecule is CCCCCC/C=C\C/C=C\CCCCCCCCCC(=O)OC(COC(=O)CCCCCCC/C=C\CCCCCCCCC)COC(=O)CCCCCCCCCCCCCC/C=C\C/C=C\C/C=C\CCCCCCC. The van der Waals surface area contributed by atoms with Gasteiger partial charge in [-0.3, -0.25) is 14.4 Å². The summed E-state index contributed by atoms with van der Waals surface area (Å²) in [6.07, 6.45) is 87.7. The van der Waals surface area contributed by atoms with E-state index in [2.05, 4.69) is 93.7 Å². The molecule has 458 valence electrons. The molecule has 0 N–H and O–H groups in total. The molecule has 0 aliphatic rings. The Bertz CT molecular complexity index is 1450. The Balaban J connectivity index is 4.32. The van der Waals surface area contributed by atoms with Crippen LogP contribution in [0.15, 0.2) is 72.9 Å². The fourth-order valence-corrected chi connectivity index (χ4v) is 9.95. The molecule has 0 saturated carbocycles. The zero-order chi connectivity index (χ0) is 57.1. The Morgan fingerprint density at radius 3 is 0.734 bits per heavy atom. The van der Waals surface area contributed by atoms with Crippen LogP contribution in [-0.4, -0.2) is 37.2 Å². The summed E-state index contributed by atoms with van der Waals surface area (Å²) in [6.45, 7) is 6.64. The maximum Gasteiger partial charge on any atom is 0.306 e. The van der Waals surface area contributed by atoms with Crippen molar-refractivity contribution in [1.82, 2.24) is 0 Å². The Morgan fingerprint density at radius 1 is 0.253 bits per heavy atom. The molecular weight excluding hydrogens is 973 g/mol. The lowest BCUT2D eigenvalue weighted by Crippen LogP contribution is -2.30. The van der Waals surface area contributed by atoms with Crippen LogP contribution in [0.1, 0.15) is 355 Å². The normalized spacial score (nSPS) is 12.5. The molecule has 6 heteroatoms. The highest BCUT2D eigenvalue weighted by molar-refractivity contribution is 5.71. The molecule has 0 amide bonds. The molecule has 0 aromatic carbocycles. The van der Waals surface area contributed by atoms with Gasteiger partial charge in [-0.1, -0.05) is 293 Å². The van der Waals surface area contributed by atoms with Crippen LogP contribution >= 0.6 is 0 Å². The first-order chi connectivity index (χ1) is 39.0. The maximum absolute atomic E-state index is 12.9. The van der Waals surface area contributed by atoms with Gasteiger partial charge in [-0.15, -0.1) is 0 Å². The number of hydrogen-bond donors (Lipinski definition) is 0. The summed E-state index contributed by atoms with van der Waals surface area (Å²) in [4.78, 5) is 38.4. The molecule has 6 nitrogen and oxygen atoms in total. The van der Waals surface area contributed by atoms with Gasteiger partial charge in [0.15, 0.2) is 6.10 Å². The van der Waals surface area contributed by atoms with E-state index >= 15 is 0 Å². The molecule has 1 atom stereocenters. The lowest BCUT2D eigenvalue weighted by molar-refractivity contribution is -0.167. The minimum Gasteiger partial charge on any atom is -0.462 e. The van der Waals surface area contributed by atoms with Crippen molar-refractivity contribution < 1.29 is 28.6 Å². The van der Waals surface area contributed by atoms with Gasteiger partial charge >= 0.3 is 17.9 Å². The summed E-state index contributed by atoms with van der Waals surface area (Å²) >= 11 is 0. The summed E-state index contributed by atoms with van der Waals surface area (Å²) in [5.41, 5.74) is 0.